The van der Waals surface area contributed by atoms with Gasteiger partial charge in [-0.1, -0.05) is 0 Å². The predicted octanol–water partition coefficient (Wildman–Crippen LogP) is 0.750. The number of benzene rings is 1. The van der Waals surface area contributed by atoms with E-state index in [9.17, 15) is 13.2 Å². The zero-order valence-corrected chi connectivity index (χ0v) is 13.8. The van der Waals surface area contributed by atoms with Crippen molar-refractivity contribution >= 4 is 21.6 Å². The molecule has 1 aromatic carbocycles. The number of fused-ring (bicyclic) bond motifs is 1. The summed E-state index contributed by atoms with van der Waals surface area (Å²) < 4.78 is 36.3. The second-order valence-electron chi connectivity index (χ2n) is 5.73. The van der Waals surface area contributed by atoms with Gasteiger partial charge in [0.15, 0.2) is 11.5 Å². The molecular weight excluding hydrogens is 320 g/mol. The highest BCUT2D eigenvalue weighted by Gasteiger charge is 2.29. The summed E-state index contributed by atoms with van der Waals surface area (Å²) >= 11 is 0. The fraction of sp³-hybridized carbons (Fsp3) is 0.533. The van der Waals surface area contributed by atoms with Crippen molar-refractivity contribution in [1.82, 2.24) is 5.32 Å². The van der Waals surface area contributed by atoms with Crippen LogP contribution in [0, 0.1) is 5.92 Å². The number of carbonyl (C=O) groups is 1. The SMILES string of the molecule is CS(=O)(=O)N(CCNC(=O)C1CC1)c1ccc2c(c1)OCCO2. The van der Waals surface area contributed by atoms with Crippen LogP contribution in [0.2, 0.25) is 0 Å². The first-order valence-electron chi connectivity index (χ1n) is 7.60. The highest BCUT2D eigenvalue weighted by molar-refractivity contribution is 7.92. The molecule has 126 valence electrons. The van der Waals surface area contributed by atoms with Gasteiger partial charge in [0.2, 0.25) is 15.9 Å². The molecule has 1 aliphatic carbocycles. The largest absolute Gasteiger partial charge is 0.486 e. The van der Waals surface area contributed by atoms with E-state index < -0.39 is 10.0 Å². The Labute approximate surface area is 135 Å². The van der Waals surface area contributed by atoms with Gasteiger partial charge in [-0.2, -0.15) is 0 Å². The standard InChI is InChI=1S/C15H20N2O5S/c1-23(19,20)17(7-6-16-15(18)11-2-3-11)12-4-5-13-14(10-12)22-9-8-21-13/h4-5,10-11H,2-3,6-9H2,1H3,(H,16,18). The van der Waals surface area contributed by atoms with Crippen molar-refractivity contribution in [2.24, 2.45) is 5.92 Å². The van der Waals surface area contributed by atoms with Crippen LogP contribution in [0.15, 0.2) is 18.2 Å². The zero-order valence-electron chi connectivity index (χ0n) is 12.9. The highest BCUT2D eigenvalue weighted by atomic mass is 32.2. The Kier molecular flexibility index (Phi) is 4.34. The first-order valence-corrected chi connectivity index (χ1v) is 9.45. The van der Waals surface area contributed by atoms with E-state index in [4.69, 9.17) is 9.47 Å². The molecule has 7 nitrogen and oxygen atoms in total. The number of amides is 1. The Bertz CT molecular complexity index is 700. The van der Waals surface area contributed by atoms with Crippen molar-refractivity contribution in [3.05, 3.63) is 18.2 Å². The molecule has 0 radical (unpaired) electrons. The molecule has 1 saturated carbocycles. The van der Waals surface area contributed by atoms with E-state index in [2.05, 4.69) is 5.32 Å². The molecule has 3 rings (SSSR count). The van der Waals surface area contributed by atoms with Crippen molar-refractivity contribution < 1.29 is 22.7 Å². The maximum absolute atomic E-state index is 12.1. The van der Waals surface area contributed by atoms with Gasteiger partial charge >= 0.3 is 0 Å². The number of carbonyl (C=O) groups excluding carboxylic acids is 1. The molecule has 1 aromatic rings. The summed E-state index contributed by atoms with van der Waals surface area (Å²) in [5.41, 5.74) is 0.498. The van der Waals surface area contributed by atoms with Crippen molar-refractivity contribution in [1.29, 1.82) is 0 Å². The van der Waals surface area contributed by atoms with Gasteiger partial charge in [0.25, 0.3) is 0 Å². The van der Waals surface area contributed by atoms with Crippen LogP contribution in [0.3, 0.4) is 0 Å². The van der Waals surface area contributed by atoms with Gasteiger partial charge in [-0.15, -0.1) is 0 Å². The molecule has 1 fully saturated rings. The number of hydrogen-bond acceptors (Lipinski definition) is 5. The number of hydrogen-bond donors (Lipinski definition) is 1. The van der Waals surface area contributed by atoms with E-state index in [0.717, 1.165) is 19.1 Å². The zero-order chi connectivity index (χ0) is 16.4. The first kappa shape index (κ1) is 15.9. The fourth-order valence-electron chi connectivity index (χ4n) is 2.44. The number of nitrogens with one attached hydrogen (secondary N) is 1. The van der Waals surface area contributed by atoms with Crippen molar-refractivity contribution in [3.8, 4) is 11.5 Å². The molecular formula is C15H20N2O5S. The van der Waals surface area contributed by atoms with Crippen LogP contribution in [0.4, 0.5) is 5.69 Å². The van der Waals surface area contributed by atoms with E-state index in [1.807, 2.05) is 0 Å². The number of rotatable bonds is 6. The number of nitrogens with zero attached hydrogens (tertiary/aromatic N) is 1. The van der Waals surface area contributed by atoms with Gasteiger partial charge in [-0.3, -0.25) is 9.10 Å². The van der Waals surface area contributed by atoms with E-state index in [1.165, 1.54) is 4.31 Å². The van der Waals surface area contributed by atoms with Crippen LogP contribution in [-0.2, 0) is 14.8 Å². The molecule has 1 N–H and O–H groups in total. The molecule has 1 amide bonds. The van der Waals surface area contributed by atoms with Crippen LogP contribution in [0.5, 0.6) is 11.5 Å². The van der Waals surface area contributed by atoms with Crippen molar-refractivity contribution in [2.75, 3.05) is 36.9 Å². The minimum atomic E-state index is -3.46. The summed E-state index contributed by atoms with van der Waals surface area (Å²) in [5, 5.41) is 2.78. The first-order chi connectivity index (χ1) is 10.9. The second kappa shape index (κ2) is 6.27. The normalized spacial score (nSPS) is 16.7. The Hall–Kier alpha value is -1.96. The van der Waals surface area contributed by atoms with Gasteiger partial charge in [-0.25, -0.2) is 8.42 Å². The van der Waals surface area contributed by atoms with Crippen LogP contribution >= 0.6 is 0 Å². The maximum atomic E-state index is 12.1. The summed E-state index contributed by atoms with van der Waals surface area (Å²) in [6.45, 7) is 1.37. The Morgan fingerprint density at radius 1 is 1.26 bits per heavy atom. The third-order valence-electron chi connectivity index (χ3n) is 3.78. The minimum Gasteiger partial charge on any atom is -0.486 e. The topological polar surface area (TPSA) is 84.9 Å². The van der Waals surface area contributed by atoms with Gasteiger partial charge < -0.3 is 14.8 Å². The van der Waals surface area contributed by atoms with Gasteiger partial charge in [-0.05, 0) is 25.0 Å². The predicted molar refractivity (Wildman–Crippen MR) is 85.4 cm³/mol. The fourth-order valence-corrected chi connectivity index (χ4v) is 3.36. The lowest BCUT2D eigenvalue weighted by molar-refractivity contribution is -0.122. The molecule has 8 heteroatoms. The number of sulfonamides is 1. The molecule has 0 saturated heterocycles. The maximum Gasteiger partial charge on any atom is 0.232 e. The molecule has 0 spiro atoms. The van der Waals surface area contributed by atoms with Crippen LogP contribution in [-0.4, -0.2) is 46.9 Å². The average Bonchev–Trinajstić information content (AvgIpc) is 3.34. The molecule has 0 aromatic heterocycles. The molecule has 1 aliphatic heterocycles. The van der Waals surface area contributed by atoms with E-state index in [1.54, 1.807) is 18.2 Å². The molecule has 2 aliphatic rings. The van der Waals surface area contributed by atoms with Gasteiger partial charge in [0, 0.05) is 18.5 Å². The van der Waals surface area contributed by atoms with Crippen molar-refractivity contribution in [3.63, 3.8) is 0 Å². The lowest BCUT2D eigenvalue weighted by Crippen LogP contribution is -2.38. The van der Waals surface area contributed by atoms with Crippen LogP contribution < -0.4 is 19.1 Å². The molecule has 0 atom stereocenters. The third kappa shape index (κ3) is 3.87. The van der Waals surface area contributed by atoms with E-state index >= 15 is 0 Å². The third-order valence-corrected chi connectivity index (χ3v) is 4.97. The summed E-state index contributed by atoms with van der Waals surface area (Å²) in [5.74, 6) is 1.25. The van der Waals surface area contributed by atoms with Gasteiger partial charge in [0.1, 0.15) is 13.2 Å². The average molecular weight is 340 g/mol. The Morgan fingerprint density at radius 2 is 1.96 bits per heavy atom. The molecule has 1 heterocycles. The Morgan fingerprint density at radius 3 is 2.61 bits per heavy atom. The smallest absolute Gasteiger partial charge is 0.232 e. The second-order valence-corrected chi connectivity index (χ2v) is 7.64. The van der Waals surface area contributed by atoms with Crippen molar-refractivity contribution in [2.45, 2.75) is 12.8 Å². The molecule has 23 heavy (non-hydrogen) atoms. The van der Waals surface area contributed by atoms with E-state index in [-0.39, 0.29) is 24.9 Å². The quantitative estimate of drug-likeness (QED) is 0.826. The Balaban J connectivity index is 1.72. The van der Waals surface area contributed by atoms with E-state index in [0.29, 0.717) is 30.4 Å². The number of ether oxygens (including phenoxy) is 2. The van der Waals surface area contributed by atoms with Gasteiger partial charge in [0.05, 0.1) is 18.5 Å². The summed E-state index contributed by atoms with van der Waals surface area (Å²) in [6.07, 6.45) is 2.99. The molecule has 0 bridgehead atoms. The van der Waals surface area contributed by atoms with Crippen LogP contribution in [0.1, 0.15) is 12.8 Å². The summed E-state index contributed by atoms with van der Waals surface area (Å²) in [4.78, 5) is 11.6. The van der Waals surface area contributed by atoms with Crippen LogP contribution in [0.25, 0.3) is 0 Å². The summed E-state index contributed by atoms with van der Waals surface area (Å²) in [7, 11) is -3.46. The lowest BCUT2D eigenvalue weighted by Gasteiger charge is -2.25. The number of anilines is 1. The minimum absolute atomic E-state index is 0.000579. The monoisotopic (exact) mass is 340 g/mol. The molecule has 0 unspecified atom stereocenters. The highest BCUT2D eigenvalue weighted by Crippen LogP contribution is 2.34. The summed E-state index contributed by atoms with van der Waals surface area (Å²) in [6, 6.07) is 5.03. The lowest BCUT2D eigenvalue weighted by atomic mass is 10.2.